The molecule has 0 aromatic heterocycles. The van der Waals surface area contributed by atoms with Gasteiger partial charge in [0.15, 0.2) is 6.10 Å². The lowest BCUT2D eigenvalue weighted by Gasteiger charge is -2.21. The highest BCUT2D eigenvalue weighted by Gasteiger charge is 2.18. The van der Waals surface area contributed by atoms with Gasteiger partial charge < -0.3 is 15.0 Å². The van der Waals surface area contributed by atoms with Gasteiger partial charge in [-0.25, -0.2) is 0 Å². The first-order chi connectivity index (χ1) is 17.0. The van der Waals surface area contributed by atoms with Crippen LogP contribution in [-0.2, 0) is 4.79 Å². The van der Waals surface area contributed by atoms with Crippen LogP contribution >= 0.6 is 0 Å². The van der Waals surface area contributed by atoms with Crippen LogP contribution in [0, 0.1) is 0 Å². The van der Waals surface area contributed by atoms with Crippen LogP contribution in [0.5, 0.6) is 5.75 Å². The Hall–Kier alpha value is -4.38. The normalized spacial score (nSPS) is 11.4. The number of carbonyl (C=O) groups excluding carboxylic acids is 2. The first-order valence-electron chi connectivity index (χ1n) is 11.6. The van der Waals surface area contributed by atoms with Crippen LogP contribution in [0.25, 0.3) is 11.1 Å². The molecule has 0 saturated heterocycles. The van der Waals surface area contributed by atoms with Crippen LogP contribution in [0.3, 0.4) is 0 Å². The van der Waals surface area contributed by atoms with Gasteiger partial charge in [0, 0.05) is 23.5 Å². The molecule has 176 valence electrons. The molecule has 0 saturated carbocycles. The number of nitrogens with zero attached hydrogens (tertiary/aromatic N) is 1. The number of hydrogen-bond acceptors (Lipinski definition) is 3. The summed E-state index contributed by atoms with van der Waals surface area (Å²) in [6.07, 6.45) is -0.714. The average molecular weight is 465 g/mol. The molecule has 1 unspecified atom stereocenters. The summed E-state index contributed by atoms with van der Waals surface area (Å²) in [5.74, 6) is 0.187. The van der Waals surface area contributed by atoms with Crippen molar-refractivity contribution in [1.29, 1.82) is 0 Å². The van der Waals surface area contributed by atoms with Gasteiger partial charge in [0.25, 0.3) is 11.8 Å². The summed E-state index contributed by atoms with van der Waals surface area (Å²) in [6, 6.07) is 34.2. The largest absolute Gasteiger partial charge is 0.481 e. The maximum Gasteiger partial charge on any atom is 0.265 e. The van der Waals surface area contributed by atoms with E-state index in [0.29, 0.717) is 23.5 Å². The zero-order valence-corrected chi connectivity index (χ0v) is 19.8. The molecule has 0 fully saturated rings. The Balaban J connectivity index is 1.40. The fourth-order valence-electron chi connectivity index (χ4n) is 3.80. The Kier molecular flexibility index (Phi) is 7.58. The van der Waals surface area contributed by atoms with Crippen molar-refractivity contribution in [3.05, 3.63) is 115 Å². The molecule has 0 heterocycles. The molecule has 4 aromatic rings. The summed E-state index contributed by atoms with van der Waals surface area (Å²) < 4.78 is 5.84. The summed E-state index contributed by atoms with van der Waals surface area (Å²) in [6.45, 7) is 4.17. The number of nitrogens with one attached hydrogen (secondary N) is 1. The number of ether oxygens (including phenoxy) is 1. The maximum atomic E-state index is 13.1. The van der Waals surface area contributed by atoms with Gasteiger partial charge >= 0.3 is 0 Å². The Morgan fingerprint density at radius 1 is 0.800 bits per heavy atom. The van der Waals surface area contributed by atoms with E-state index in [9.17, 15) is 9.59 Å². The summed E-state index contributed by atoms with van der Waals surface area (Å²) in [5, 5.41) is 2.86. The lowest BCUT2D eigenvalue weighted by atomic mass is 10.1. The van der Waals surface area contributed by atoms with E-state index in [-0.39, 0.29) is 11.8 Å². The molecule has 35 heavy (non-hydrogen) atoms. The van der Waals surface area contributed by atoms with Crippen LogP contribution in [0.15, 0.2) is 109 Å². The van der Waals surface area contributed by atoms with Crippen molar-refractivity contribution >= 4 is 23.2 Å². The fraction of sp³-hybridized carbons (Fsp3) is 0.133. The first kappa shape index (κ1) is 23.8. The Morgan fingerprint density at radius 3 is 2.09 bits per heavy atom. The van der Waals surface area contributed by atoms with Gasteiger partial charge in [-0.1, -0.05) is 66.7 Å². The molecule has 5 heteroatoms. The highest BCUT2D eigenvalue weighted by molar-refractivity contribution is 6.07. The molecule has 2 amide bonds. The zero-order valence-electron chi connectivity index (χ0n) is 19.8. The average Bonchev–Trinajstić information content (AvgIpc) is 2.91. The van der Waals surface area contributed by atoms with E-state index in [0.717, 1.165) is 16.8 Å². The summed E-state index contributed by atoms with van der Waals surface area (Å²) in [7, 11) is 0. The van der Waals surface area contributed by atoms with Crippen LogP contribution in [0.4, 0.5) is 11.4 Å². The molecule has 0 spiro atoms. The van der Waals surface area contributed by atoms with Crippen LogP contribution < -0.4 is 15.0 Å². The maximum absolute atomic E-state index is 13.1. The smallest absolute Gasteiger partial charge is 0.265 e. The highest BCUT2D eigenvalue weighted by atomic mass is 16.5. The van der Waals surface area contributed by atoms with E-state index in [2.05, 4.69) is 5.32 Å². The minimum absolute atomic E-state index is 0.127. The lowest BCUT2D eigenvalue weighted by Crippen LogP contribution is -2.31. The molecule has 0 aliphatic heterocycles. The molecule has 1 N–H and O–H groups in total. The molecule has 0 radical (unpaired) electrons. The second kappa shape index (κ2) is 11.2. The Bertz CT molecular complexity index is 1270. The van der Waals surface area contributed by atoms with Crippen molar-refractivity contribution in [2.24, 2.45) is 0 Å². The fourth-order valence-corrected chi connectivity index (χ4v) is 3.80. The Labute approximate surface area is 206 Å². The van der Waals surface area contributed by atoms with Gasteiger partial charge in [-0.3, -0.25) is 9.59 Å². The SMILES string of the molecule is CCN(C(=O)c1cccc(NC(=O)C(C)Oc2ccc(-c3ccccc3)cc2)c1)c1ccccc1. The standard InChI is InChI=1S/C30H28N2O3/c1-3-32(27-15-8-5-9-16-27)30(34)25-13-10-14-26(21-25)31-29(33)22(2)35-28-19-17-24(18-20-28)23-11-6-4-7-12-23/h4-22H,3H2,1-2H3,(H,31,33). The number of para-hydroxylation sites is 1. The monoisotopic (exact) mass is 464 g/mol. The van der Waals surface area contributed by atoms with Gasteiger partial charge in [0.05, 0.1) is 0 Å². The number of rotatable bonds is 8. The van der Waals surface area contributed by atoms with Gasteiger partial charge in [-0.15, -0.1) is 0 Å². The number of carbonyl (C=O) groups is 2. The van der Waals surface area contributed by atoms with E-state index in [1.54, 1.807) is 36.1 Å². The van der Waals surface area contributed by atoms with E-state index in [4.69, 9.17) is 4.74 Å². The minimum Gasteiger partial charge on any atom is -0.481 e. The van der Waals surface area contributed by atoms with Crippen LogP contribution in [0.2, 0.25) is 0 Å². The van der Waals surface area contributed by atoms with Crippen molar-refractivity contribution in [3.8, 4) is 16.9 Å². The Morgan fingerprint density at radius 2 is 1.43 bits per heavy atom. The predicted octanol–water partition coefficient (Wildman–Crippen LogP) is 6.43. The molecule has 4 aromatic carbocycles. The molecule has 0 bridgehead atoms. The first-order valence-corrected chi connectivity index (χ1v) is 11.6. The molecular formula is C30H28N2O3. The predicted molar refractivity (Wildman–Crippen MR) is 141 cm³/mol. The quantitative estimate of drug-likeness (QED) is 0.327. The van der Waals surface area contributed by atoms with Crippen molar-refractivity contribution < 1.29 is 14.3 Å². The van der Waals surface area contributed by atoms with E-state index >= 15 is 0 Å². The van der Waals surface area contributed by atoms with Gasteiger partial charge in [0.1, 0.15) is 5.75 Å². The van der Waals surface area contributed by atoms with E-state index < -0.39 is 6.10 Å². The van der Waals surface area contributed by atoms with Crippen molar-refractivity contribution in [2.75, 3.05) is 16.8 Å². The number of amides is 2. The zero-order chi connectivity index (χ0) is 24.6. The number of hydrogen-bond donors (Lipinski definition) is 1. The molecule has 4 rings (SSSR count). The van der Waals surface area contributed by atoms with Crippen molar-refractivity contribution in [3.63, 3.8) is 0 Å². The highest BCUT2D eigenvalue weighted by Crippen LogP contribution is 2.23. The number of anilines is 2. The van der Waals surface area contributed by atoms with Gasteiger partial charge in [-0.05, 0) is 67.4 Å². The minimum atomic E-state index is -0.714. The third kappa shape index (κ3) is 5.95. The van der Waals surface area contributed by atoms with E-state index in [1.165, 1.54) is 0 Å². The summed E-state index contributed by atoms with van der Waals surface area (Å²) in [5.41, 5.74) is 4.06. The van der Waals surface area contributed by atoms with E-state index in [1.807, 2.05) is 91.9 Å². The molecule has 1 atom stereocenters. The molecule has 0 aliphatic rings. The van der Waals surface area contributed by atoms with Gasteiger partial charge in [0.2, 0.25) is 0 Å². The molecule has 5 nitrogen and oxygen atoms in total. The van der Waals surface area contributed by atoms with Crippen molar-refractivity contribution in [1.82, 2.24) is 0 Å². The summed E-state index contributed by atoms with van der Waals surface area (Å²) in [4.78, 5) is 27.6. The molecule has 0 aliphatic carbocycles. The second-order valence-electron chi connectivity index (χ2n) is 8.11. The third-order valence-electron chi connectivity index (χ3n) is 5.65. The van der Waals surface area contributed by atoms with Crippen LogP contribution in [-0.4, -0.2) is 24.5 Å². The molecular weight excluding hydrogens is 436 g/mol. The van der Waals surface area contributed by atoms with Gasteiger partial charge in [-0.2, -0.15) is 0 Å². The van der Waals surface area contributed by atoms with Crippen molar-refractivity contribution in [2.45, 2.75) is 20.0 Å². The van der Waals surface area contributed by atoms with Crippen LogP contribution in [0.1, 0.15) is 24.2 Å². The second-order valence-corrected chi connectivity index (χ2v) is 8.11. The lowest BCUT2D eigenvalue weighted by molar-refractivity contribution is -0.122. The topological polar surface area (TPSA) is 58.6 Å². The number of benzene rings is 4. The third-order valence-corrected chi connectivity index (χ3v) is 5.65. The summed E-state index contributed by atoms with van der Waals surface area (Å²) >= 11 is 0.